The molecule has 144 valence electrons. The van der Waals surface area contributed by atoms with Crippen LogP contribution in [0.3, 0.4) is 0 Å². The number of sulfonamides is 1. The van der Waals surface area contributed by atoms with Gasteiger partial charge in [-0.2, -0.15) is 13.2 Å². The van der Waals surface area contributed by atoms with Crippen molar-refractivity contribution in [1.82, 2.24) is 4.57 Å². The lowest BCUT2D eigenvalue weighted by Crippen LogP contribution is -2.09. The molecule has 0 spiro atoms. The number of nitrogens with zero attached hydrogens (tertiary/aromatic N) is 1. The summed E-state index contributed by atoms with van der Waals surface area (Å²) in [6, 6.07) is 10.00. The van der Waals surface area contributed by atoms with Crippen molar-refractivity contribution in [3.63, 3.8) is 0 Å². The number of fused-ring (bicyclic) bond motifs is 1. The summed E-state index contributed by atoms with van der Waals surface area (Å²) in [5.41, 5.74) is 7.94. The van der Waals surface area contributed by atoms with Crippen molar-refractivity contribution in [2.24, 2.45) is 0 Å². The van der Waals surface area contributed by atoms with E-state index in [-0.39, 0.29) is 0 Å². The number of aromatic nitrogens is 1. The number of benzene rings is 2. The van der Waals surface area contributed by atoms with Gasteiger partial charge < -0.3 is 10.3 Å². The van der Waals surface area contributed by atoms with E-state index in [1.165, 1.54) is 6.07 Å². The summed E-state index contributed by atoms with van der Waals surface area (Å²) in [5.74, 6) is 0. The van der Waals surface area contributed by atoms with Crippen molar-refractivity contribution < 1.29 is 21.6 Å². The van der Waals surface area contributed by atoms with E-state index in [0.29, 0.717) is 40.1 Å². The number of aryl methyl sites for hydroxylation is 1. The van der Waals surface area contributed by atoms with Gasteiger partial charge >= 0.3 is 6.18 Å². The summed E-state index contributed by atoms with van der Waals surface area (Å²) in [6.07, 6.45) is -3.39. The molecule has 1 aromatic heterocycles. The van der Waals surface area contributed by atoms with E-state index in [0.717, 1.165) is 18.4 Å². The third kappa shape index (κ3) is 3.73. The van der Waals surface area contributed by atoms with E-state index >= 15 is 0 Å². The largest absolute Gasteiger partial charge is 0.416 e. The molecule has 3 rings (SSSR count). The first kappa shape index (κ1) is 19.1. The van der Waals surface area contributed by atoms with E-state index in [9.17, 15) is 21.6 Å². The quantitative estimate of drug-likeness (QED) is 0.689. The van der Waals surface area contributed by atoms with Crippen LogP contribution in [-0.4, -0.2) is 19.2 Å². The second-order valence-corrected chi connectivity index (χ2v) is 7.94. The molecular weight excluding hydrogens is 379 g/mol. The van der Waals surface area contributed by atoms with Crippen LogP contribution in [0.5, 0.6) is 0 Å². The Morgan fingerprint density at radius 3 is 2.26 bits per heavy atom. The number of nitrogen functional groups attached to an aromatic ring is 1. The number of nitrogens with one attached hydrogen (secondary N) is 1. The number of nitrogens with two attached hydrogens (primary N) is 1. The lowest BCUT2D eigenvalue weighted by Gasteiger charge is -2.11. The fourth-order valence-electron chi connectivity index (χ4n) is 3.10. The number of hydrogen-bond acceptors (Lipinski definition) is 3. The molecule has 2 aromatic carbocycles. The van der Waals surface area contributed by atoms with Gasteiger partial charge in [0.15, 0.2) is 0 Å². The average molecular weight is 397 g/mol. The molecule has 27 heavy (non-hydrogen) atoms. The van der Waals surface area contributed by atoms with Crippen molar-refractivity contribution >= 4 is 32.3 Å². The van der Waals surface area contributed by atoms with Gasteiger partial charge in [-0.3, -0.25) is 4.72 Å². The molecular formula is C18H18F3N3O2S. The molecule has 0 fully saturated rings. The van der Waals surface area contributed by atoms with Crippen LogP contribution in [0.1, 0.15) is 12.5 Å². The van der Waals surface area contributed by atoms with E-state index < -0.39 is 21.8 Å². The Bertz CT molecular complexity index is 1100. The minimum Gasteiger partial charge on any atom is -0.396 e. The molecule has 3 aromatic rings. The highest BCUT2D eigenvalue weighted by atomic mass is 32.2. The standard InChI is InChI=1S/C18H18F3N3O2S/c1-3-24-15-10-12(18(19,20)21)6-9-14(15)16(22)17(24)11-4-7-13(8-5-11)23-27(2,25)26/h4-10,23H,3,22H2,1-2H3. The summed E-state index contributed by atoms with van der Waals surface area (Å²) in [6.45, 7) is 2.25. The molecule has 0 aliphatic heterocycles. The Morgan fingerprint density at radius 1 is 1.11 bits per heavy atom. The molecule has 0 radical (unpaired) electrons. The van der Waals surface area contributed by atoms with Crippen LogP contribution in [0.2, 0.25) is 0 Å². The van der Waals surface area contributed by atoms with Gasteiger partial charge in [0.2, 0.25) is 10.0 Å². The van der Waals surface area contributed by atoms with E-state index in [1.54, 1.807) is 28.8 Å². The predicted octanol–water partition coefficient (Wildman–Crippen LogP) is 4.30. The van der Waals surface area contributed by atoms with Crippen LogP contribution >= 0.6 is 0 Å². The van der Waals surface area contributed by atoms with Gasteiger partial charge in [-0.25, -0.2) is 8.42 Å². The Kier molecular flexibility index (Phi) is 4.59. The topological polar surface area (TPSA) is 77.1 Å². The van der Waals surface area contributed by atoms with Crippen molar-refractivity contribution in [1.29, 1.82) is 0 Å². The Hall–Kier alpha value is -2.68. The zero-order valence-electron chi connectivity index (χ0n) is 14.6. The first-order chi connectivity index (χ1) is 12.5. The van der Waals surface area contributed by atoms with Crippen LogP contribution in [0.4, 0.5) is 24.5 Å². The van der Waals surface area contributed by atoms with Crippen LogP contribution in [0, 0.1) is 0 Å². The second kappa shape index (κ2) is 6.49. The minimum absolute atomic E-state index is 0.379. The first-order valence-corrected chi connectivity index (χ1v) is 9.97. The van der Waals surface area contributed by atoms with Gasteiger partial charge in [-0.05, 0) is 31.2 Å². The zero-order valence-corrected chi connectivity index (χ0v) is 15.4. The van der Waals surface area contributed by atoms with Gasteiger partial charge in [0.05, 0.1) is 28.7 Å². The van der Waals surface area contributed by atoms with Gasteiger partial charge in [0, 0.05) is 23.2 Å². The molecule has 3 N–H and O–H groups in total. The van der Waals surface area contributed by atoms with Gasteiger partial charge in [0.1, 0.15) is 0 Å². The van der Waals surface area contributed by atoms with Gasteiger partial charge in [0.25, 0.3) is 0 Å². The molecule has 5 nitrogen and oxygen atoms in total. The summed E-state index contributed by atoms with van der Waals surface area (Å²) < 4.78 is 65.9. The Morgan fingerprint density at radius 2 is 1.74 bits per heavy atom. The summed E-state index contributed by atoms with van der Waals surface area (Å²) in [4.78, 5) is 0. The zero-order chi connectivity index (χ0) is 20.0. The molecule has 0 saturated heterocycles. The highest BCUT2D eigenvalue weighted by Crippen LogP contribution is 2.39. The normalized spacial score (nSPS) is 12.5. The fraction of sp³-hybridized carbons (Fsp3) is 0.222. The number of alkyl halides is 3. The number of anilines is 2. The van der Waals surface area contributed by atoms with Crippen LogP contribution < -0.4 is 10.5 Å². The lowest BCUT2D eigenvalue weighted by molar-refractivity contribution is -0.137. The molecule has 0 saturated carbocycles. The highest BCUT2D eigenvalue weighted by Gasteiger charge is 2.31. The maximum absolute atomic E-state index is 13.1. The Labute approximate surface area is 154 Å². The number of halogens is 3. The number of rotatable bonds is 4. The first-order valence-electron chi connectivity index (χ1n) is 8.08. The summed E-state index contributed by atoms with van der Waals surface area (Å²) in [7, 11) is -3.40. The smallest absolute Gasteiger partial charge is 0.396 e. The molecule has 0 aliphatic rings. The SMILES string of the molecule is CCn1c(-c2ccc(NS(C)(=O)=O)cc2)c(N)c2ccc(C(F)(F)F)cc21. The molecule has 0 aliphatic carbocycles. The Balaban J connectivity index is 2.15. The molecule has 9 heteroatoms. The lowest BCUT2D eigenvalue weighted by atomic mass is 10.1. The third-order valence-corrected chi connectivity index (χ3v) is 4.82. The second-order valence-electron chi connectivity index (χ2n) is 6.19. The van der Waals surface area contributed by atoms with E-state index in [4.69, 9.17) is 5.73 Å². The van der Waals surface area contributed by atoms with Gasteiger partial charge in [-0.15, -0.1) is 0 Å². The maximum Gasteiger partial charge on any atom is 0.416 e. The maximum atomic E-state index is 13.1. The highest BCUT2D eigenvalue weighted by molar-refractivity contribution is 7.92. The van der Waals surface area contributed by atoms with Crippen molar-refractivity contribution in [2.45, 2.75) is 19.6 Å². The molecule has 0 bridgehead atoms. The molecule has 0 atom stereocenters. The monoisotopic (exact) mass is 397 g/mol. The predicted molar refractivity (Wildman–Crippen MR) is 101 cm³/mol. The summed E-state index contributed by atoms with van der Waals surface area (Å²) in [5, 5.41) is 0.540. The molecule has 0 unspecified atom stereocenters. The minimum atomic E-state index is -4.44. The third-order valence-electron chi connectivity index (χ3n) is 4.21. The number of hydrogen-bond donors (Lipinski definition) is 2. The van der Waals surface area contributed by atoms with Crippen LogP contribution in [-0.2, 0) is 22.7 Å². The van der Waals surface area contributed by atoms with Crippen LogP contribution in [0.15, 0.2) is 42.5 Å². The van der Waals surface area contributed by atoms with Crippen LogP contribution in [0.25, 0.3) is 22.2 Å². The van der Waals surface area contributed by atoms with Gasteiger partial charge in [-0.1, -0.05) is 18.2 Å². The average Bonchev–Trinajstić information content (AvgIpc) is 2.85. The van der Waals surface area contributed by atoms with E-state index in [2.05, 4.69) is 4.72 Å². The van der Waals surface area contributed by atoms with Crippen molar-refractivity contribution in [3.8, 4) is 11.3 Å². The molecule has 0 amide bonds. The molecule has 1 heterocycles. The summed E-state index contributed by atoms with van der Waals surface area (Å²) >= 11 is 0. The van der Waals surface area contributed by atoms with Crippen molar-refractivity contribution in [2.75, 3.05) is 16.7 Å². The van der Waals surface area contributed by atoms with Crippen molar-refractivity contribution in [3.05, 3.63) is 48.0 Å². The van der Waals surface area contributed by atoms with E-state index in [1.807, 2.05) is 6.92 Å². The fourth-order valence-corrected chi connectivity index (χ4v) is 3.67.